The summed E-state index contributed by atoms with van der Waals surface area (Å²) in [5.74, 6) is -0.225. The molecule has 6 heteroatoms. The number of H-pyrrole nitrogens is 1. The van der Waals surface area contributed by atoms with Crippen molar-refractivity contribution < 1.29 is 9.18 Å². The van der Waals surface area contributed by atoms with Crippen LogP contribution in [0.5, 0.6) is 0 Å². The molecular weight excluding hydrogens is 305 g/mol. The van der Waals surface area contributed by atoms with E-state index in [4.69, 9.17) is 11.6 Å². The number of rotatable bonds is 4. The van der Waals surface area contributed by atoms with E-state index < -0.39 is 0 Å². The Morgan fingerprint density at radius 1 is 1.27 bits per heavy atom. The van der Waals surface area contributed by atoms with Gasteiger partial charge < -0.3 is 4.98 Å². The molecule has 0 saturated carbocycles. The van der Waals surface area contributed by atoms with Crippen molar-refractivity contribution in [3.8, 4) is 0 Å². The third kappa shape index (κ3) is 3.26. The van der Waals surface area contributed by atoms with E-state index in [1.54, 1.807) is 12.1 Å². The first kappa shape index (κ1) is 14.5. The summed E-state index contributed by atoms with van der Waals surface area (Å²) in [7, 11) is 0. The van der Waals surface area contributed by atoms with Crippen LogP contribution in [0.15, 0.2) is 42.5 Å². The number of hydrogen-bond acceptors (Lipinski definition) is 2. The third-order valence-electron chi connectivity index (χ3n) is 3.28. The predicted molar refractivity (Wildman–Crippen MR) is 84.5 cm³/mol. The number of nitrogens with zero attached hydrogens (tertiary/aromatic N) is 1. The third-order valence-corrected chi connectivity index (χ3v) is 3.65. The van der Waals surface area contributed by atoms with Gasteiger partial charge in [0, 0.05) is 11.4 Å². The molecule has 0 fully saturated rings. The Bertz CT molecular complexity index is 831. The number of anilines is 1. The van der Waals surface area contributed by atoms with E-state index in [2.05, 4.69) is 15.3 Å². The predicted octanol–water partition coefficient (Wildman–Crippen LogP) is 3.93. The monoisotopic (exact) mass is 317 g/mol. The molecule has 1 heterocycles. The number of aromatic nitrogens is 2. The molecule has 0 aliphatic rings. The number of aryl methyl sites for hydroxylation is 1. The first-order chi connectivity index (χ1) is 10.6. The van der Waals surface area contributed by atoms with Gasteiger partial charge in [-0.1, -0.05) is 29.8 Å². The normalized spacial score (nSPS) is 10.8. The molecule has 112 valence electrons. The maximum atomic E-state index is 13.1. The number of benzene rings is 2. The lowest BCUT2D eigenvalue weighted by Crippen LogP contribution is -2.13. The van der Waals surface area contributed by atoms with Crippen molar-refractivity contribution in [1.82, 2.24) is 9.97 Å². The lowest BCUT2D eigenvalue weighted by Gasteiger charge is -2.04. The van der Waals surface area contributed by atoms with Crippen LogP contribution in [0, 0.1) is 5.82 Å². The minimum atomic E-state index is -0.354. The average Bonchev–Trinajstić information content (AvgIpc) is 2.87. The summed E-state index contributed by atoms with van der Waals surface area (Å²) in [5, 5.41) is 3.32. The van der Waals surface area contributed by atoms with Crippen molar-refractivity contribution in [2.24, 2.45) is 0 Å². The number of hydrogen-bond donors (Lipinski definition) is 2. The van der Waals surface area contributed by atoms with E-state index >= 15 is 0 Å². The zero-order valence-electron chi connectivity index (χ0n) is 11.6. The second kappa shape index (κ2) is 6.15. The minimum absolute atomic E-state index is 0.181. The molecule has 3 aromatic rings. The summed E-state index contributed by atoms with van der Waals surface area (Å²) in [6, 6.07) is 11.6. The standard InChI is InChI=1S/C16H13ClFN3O/c17-12-4-2-1-3-10(12)5-8-15(22)21-16-19-13-7-6-11(18)9-14(13)20-16/h1-4,6-7,9H,5,8H2,(H2,19,20,21,22). The molecular formula is C16H13ClFN3O. The number of fused-ring (bicyclic) bond motifs is 1. The van der Waals surface area contributed by atoms with Crippen molar-refractivity contribution in [2.45, 2.75) is 12.8 Å². The van der Waals surface area contributed by atoms with Gasteiger partial charge in [-0.05, 0) is 36.2 Å². The van der Waals surface area contributed by atoms with Crippen molar-refractivity contribution in [3.05, 3.63) is 58.9 Å². The van der Waals surface area contributed by atoms with Crippen LogP contribution in [0.4, 0.5) is 10.3 Å². The number of halogens is 2. The fraction of sp³-hybridized carbons (Fsp3) is 0.125. The second-order valence-corrected chi connectivity index (χ2v) is 5.29. The lowest BCUT2D eigenvalue weighted by molar-refractivity contribution is -0.116. The van der Waals surface area contributed by atoms with E-state index in [-0.39, 0.29) is 18.1 Å². The Morgan fingerprint density at radius 3 is 2.91 bits per heavy atom. The molecule has 2 N–H and O–H groups in total. The highest BCUT2D eigenvalue weighted by atomic mass is 35.5. The topological polar surface area (TPSA) is 57.8 Å². The molecule has 2 aromatic carbocycles. The van der Waals surface area contributed by atoms with Gasteiger partial charge in [-0.3, -0.25) is 10.1 Å². The number of amides is 1. The Labute approximate surface area is 131 Å². The van der Waals surface area contributed by atoms with E-state index in [1.807, 2.05) is 18.2 Å². The molecule has 0 aliphatic heterocycles. The molecule has 1 aromatic heterocycles. The molecule has 0 spiro atoms. The highest BCUT2D eigenvalue weighted by Gasteiger charge is 2.09. The van der Waals surface area contributed by atoms with Crippen LogP contribution in [-0.4, -0.2) is 15.9 Å². The van der Waals surface area contributed by atoms with Gasteiger partial charge in [0.1, 0.15) is 5.82 Å². The Morgan fingerprint density at radius 2 is 2.09 bits per heavy atom. The van der Waals surface area contributed by atoms with Crippen molar-refractivity contribution in [2.75, 3.05) is 5.32 Å². The van der Waals surface area contributed by atoms with Gasteiger partial charge in [0.2, 0.25) is 11.9 Å². The zero-order chi connectivity index (χ0) is 15.5. The highest BCUT2D eigenvalue weighted by molar-refractivity contribution is 6.31. The smallest absolute Gasteiger partial charge is 0.227 e. The number of imidazole rings is 1. The molecule has 3 rings (SSSR count). The van der Waals surface area contributed by atoms with Gasteiger partial charge in [-0.15, -0.1) is 0 Å². The van der Waals surface area contributed by atoms with E-state index in [1.165, 1.54) is 12.1 Å². The minimum Gasteiger partial charge on any atom is -0.324 e. The summed E-state index contributed by atoms with van der Waals surface area (Å²) in [4.78, 5) is 19.0. The van der Waals surface area contributed by atoms with E-state index in [0.717, 1.165) is 5.56 Å². The zero-order valence-corrected chi connectivity index (χ0v) is 12.3. The second-order valence-electron chi connectivity index (χ2n) is 4.89. The fourth-order valence-corrected chi connectivity index (χ4v) is 2.42. The molecule has 0 aliphatic carbocycles. The van der Waals surface area contributed by atoms with Crippen LogP contribution in [0.2, 0.25) is 5.02 Å². The maximum absolute atomic E-state index is 13.1. The van der Waals surface area contributed by atoms with Crippen molar-refractivity contribution in [3.63, 3.8) is 0 Å². The van der Waals surface area contributed by atoms with Crippen LogP contribution >= 0.6 is 11.6 Å². The Kier molecular flexibility index (Phi) is 4.06. The van der Waals surface area contributed by atoms with Crippen molar-refractivity contribution >= 4 is 34.5 Å². The lowest BCUT2D eigenvalue weighted by atomic mass is 10.1. The summed E-state index contributed by atoms with van der Waals surface area (Å²) in [6.07, 6.45) is 0.829. The Hall–Kier alpha value is -2.40. The summed E-state index contributed by atoms with van der Waals surface area (Å²) >= 11 is 6.05. The van der Waals surface area contributed by atoms with Crippen LogP contribution in [0.1, 0.15) is 12.0 Å². The number of carbonyl (C=O) groups excluding carboxylic acids is 1. The molecule has 0 saturated heterocycles. The van der Waals surface area contributed by atoms with Crippen LogP contribution in [0.3, 0.4) is 0 Å². The van der Waals surface area contributed by atoms with Crippen LogP contribution < -0.4 is 5.32 Å². The molecule has 1 amide bonds. The van der Waals surface area contributed by atoms with Crippen molar-refractivity contribution in [1.29, 1.82) is 0 Å². The van der Waals surface area contributed by atoms with E-state index in [0.29, 0.717) is 28.4 Å². The number of aromatic amines is 1. The molecule has 0 atom stereocenters. The molecule has 0 unspecified atom stereocenters. The van der Waals surface area contributed by atoms with E-state index in [9.17, 15) is 9.18 Å². The SMILES string of the molecule is O=C(CCc1ccccc1Cl)Nc1nc2ccc(F)cc2[nH]1. The first-order valence-electron chi connectivity index (χ1n) is 6.80. The summed E-state index contributed by atoms with van der Waals surface area (Å²) in [5.41, 5.74) is 2.07. The first-order valence-corrected chi connectivity index (χ1v) is 7.18. The maximum Gasteiger partial charge on any atom is 0.227 e. The number of carbonyl (C=O) groups is 1. The molecule has 22 heavy (non-hydrogen) atoms. The van der Waals surface area contributed by atoms with Gasteiger partial charge in [0.05, 0.1) is 11.0 Å². The molecule has 0 radical (unpaired) electrons. The van der Waals surface area contributed by atoms with Crippen LogP contribution in [0.25, 0.3) is 11.0 Å². The van der Waals surface area contributed by atoms with Gasteiger partial charge in [-0.2, -0.15) is 0 Å². The van der Waals surface area contributed by atoms with Gasteiger partial charge in [0.15, 0.2) is 0 Å². The van der Waals surface area contributed by atoms with Crippen LogP contribution in [-0.2, 0) is 11.2 Å². The summed E-state index contributed by atoms with van der Waals surface area (Å²) < 4.78 is 13.1. The largest absolute Gasteiger partial charge is 0.324 e. The molecule has 0 bridgehead atoms. The quantitative estimate of drug-likeness (QED) is 0.766. The summed E-state index contributed by atoms with van der Waals surface area (Å²) in [6.45, 7) is 0. The Balaban J connectivity index is 1.64. The fourth-order valence-electron chi connectivity index (χ4n) is 2.18. The highest BCUT2D eigenvalue weighted by Crippen LogP contribution is 2.18. The van der Waals surface area contributed by atoms with Gasteiger partial charge in [-0.25, -0.2) is 9.37 Å². The van der Waals surface area contributed by atoms with Gasteiger partial charge >= 0.3 is 0 Å². The van der Waals surface area contributed by atoms with Gasteiger partial charge in [0.25, 0.3) is 0 Å². The molecule has 4 nitrogen and oxygen atoms in total. The average molecular weight is 318 g/mol. The number of nitrogens with one attached hydrogen (secondary N) is 2.